The first-order chi connectivity index (χ1) is 10.7. The van der Waals surface area contributed by atoms with Gasteiger partial charge in [-0.1, -0.05) is 18.2 Å². The molecule has 3 rings (SSSR count). The van der Waals surface area contributed by atoms with Crippen molar-refractivity contribution in [2.75, 3.05) is 19.4 Å². The van der Waals surface area contributed by atoms with Gasteiger partial charge in [0.25, 0.3) is 0 Å². The van der Waals surface area contributed by atoms with Gasteiger partial charge in [0.15, 0.2) is 0 Å². The first-order valence-corrected chi connectivity index (χ1v) is 11.4. The van der Waals surface area contributed by atoms with Gasteiger partial charge in [0.05, 0.1) is 16.7 Å². The van der Waals surface area contributed by atoms with Crippen LogP contribution in [0, 0.1) is 0 Å². The molecule has 0 aromatic heterocycles. The summed E-state index contributed by atoms with van der Waals surface area (Å²) in [6.07, 6.45) is 8.21. The van der Waals surface area contributed by atoms with E-state index in [4.69, 9.17) is 14.2 Å². The molecule has 22 heavy (non-hydrogen) atoms. The van der Waals surface area contributed by atoms with Gasteiger partial charge < -0.3 is 14.2 Å². The van der Waals surface area contributed by atoms with E-state index in [-0.39, 0.29) is 10.4 Å². The molecule has 2 atom stereocenters. The second kappa shape index (κ2) is 7.30. The molecule has 3 nitrogen and oxygen atoms in total. The van der Waals surface area contributed by atoms with E-state index in [0.29, 0.717) is 0 Å². The highest BCUT2D eigenvalue weighted by atomic mass is 28.2. The van der Waals surface area contributed by atoms with E-state index in [1.165, 1.54) is 38.5 Å². The minimum atomic E-state index is -0.521. The van der Waals surface area contributed by atoms with Crippen LogP contribution in [-0.4, -0.2) is 49.7 Å². The fraction of sp³-hybridized carbons (Fsp3) is 0.647. The normalized spacial score (nSPS) is 33.3. The molecule has 1 aromatic carbocycles. The summed E-state index contributed by atoms with van der Waals surface area (Å²) in [4.78, 5) is 0. The molecule has 2 unspecified atom stereocenters. The number of para-hydroxylation sites is 1. The molecule has 2 fully saturated rings. The van der Waals surface area contributed by atoms with Gasteiger partial charge in [-0.05, 0) is 50.7 Å². The van der Waals surface area contributed by atoms with Gasteiger partial charge in [0.1, 0.15) is 15.3 Å². The summed E-state index contributed by atoms with van der Waals surface area (Å²) >= 11 is 0. The Morgan fingerprint density at radius 1 is 1.00 bits per heavy atom. The van der Waals surface area contributed by atoms with Crippen molar-refractivity contribution in [2.45, 2.75) is 49.0 Å². The largest absolute Gasteiger partial charge is 0.498 e. The smallest absolute Gasteiger partial charge is 0.118 e. The lowest BCUT2D eigenvalue weighted by Crippen LogP contribution is -2.65. The number of hydrogen-bond donors (Lipinski definition) is 0. The number of rotatable bonds is 5. The van der Waals surface area contributed by atoms with Crippen molar-refractivity contribution in [1.82, 2.24) is 0 Å². The van der Waals surface area contributed by atoms with E-state index in [1.54, 1.807) is 0 Å². The number of benzene rings is 1. The molecule has 0 amide bonds. The molecule has 0 bridgehead atoms. The summed E-state index contributed by atoms with van der Waals surface area (Å²) in [5, 5.41) is 0.0601. The topological polar surface area (TPSA) is 27.7 Å². The lowest BCUT2D eigenvalue weighted by atomic mass is 9.96. The van der Waals surface area contributed by atoms with Gasteiger partial charge >= 0.3 is 0 Å². The molecule has 1 aromatic rings. The summed E-state index contributed by atoms with van der Waals surface area (Å²) in [6.45, 7) is 1.83. The third kappa shape index (κ3) is 3.48. The standard InChI is InChI=1S/C17H28O3Si2/c21-16(10-4-6-12-19-16)17(11-5-7-13-20-17)22-14-18-15-8-2-1-3-9-15/h1-3,8-9H,4-7,10-14,22H2,21H3. The molecule has 0 spiro atoms. The quantitative estimate of drug-likeness (QED) is 0.760. The van der Waals surface area contributed by atoms with Crippen LogP contribution in [0.3, 0.4) is 0 Å². The summed E-state index contributed by atoms with van der Waals surface area (Å²) in [5.74, 6) is 0.980. The summed E-state index contributed by atoms with van der Waals surface area (Å²) in [5.41, 5.74) is 0. The lowest BCUT2D eigenvalue weighted by molar-refractivity contribution is -0.159. The third-order valence-electron chi connectivity index (χ3n) is 5.30. The summed E-state index contributed by atoms with van der Waals surface area (Å²) in [7, 11) is 0.542. The maximum absolute atomic E-state index is 6.44. The van der Waals surface area contributed by atoms with Crippen molar-refractivity contribution < 1.29 is 14.2 Å². The first-order valence-electron chi connectivity index (χ1n) is 8.70. The van der Waals surface area contributed by atoms with Crippen LogP contribution in [0.15, 0.2) is 30.3 Å². The Bertz CT molecular complexity index is 454. The van der Waals surface area contributed by atoms with E-state index in [9.17, 15) is 0 Å². The third-order valence-corrected chi connectivity index (χ3v) is 10.2. The van der Waals surface area contributed by atoms with E-state index in [2.05, 4.69) is 0 Å². The Morgan fingerprint density at radius 2 is 1.73 bits per heavy atom. The van der Waals surface area contributed by atoms with Crippen molar-refractivity contribution in [3.05, 3.63) is 30.3 Å². The molecule has 2 aliphatic heterocycles. The van der Waals surface area contributed by atoms with Crippen LogP contribution >= 0.6 is 0 Å². The van der Waals surface area contributed by atoms with Gasteiger partial charge in [0.2, 0.25) is 0 Å². The van der Waals surface area contributed by atoms with Gasteiger partial charge in [0, 0.05) is 23.5 Å². The maximum Gasteiger partial charge on any atom is 0.118 e. The van der Waals surface area contributed by atoms with Crippen LogP contribution in [0.2, 0.25) is 0 Å². The number of hydrogen-bond acceptors (Lipinski definition) is 3. The van der Waals surface area contributed by atoms with Crippen LogP contribution in [0.25, 0.3) is 0 Å². The van der Waals surface area contributed by atoms with Crippen molar-refractivity contribution >= 4 is 19.8 Å². The van der Waals surface area contributed by atoms with E-state index in [1.807, 2.05) is 30.3 Å². The predicted molar refractivity (Wildman–Crippen MR) is 95.5 cm³/mol. The Morgan fingerprint density at radius 3 is 2.36 bits per heavy atom. The predicted octanol–water partition coefficient (Wildman–Crippen LogP) is 1.35. The molecule has 0 N–H and O–H groups in total. The SMILES string of the molecule is [SiH3]C1(C2([SiH2]COc3ccccc3)CCCCO2)CCCCO1. The van der Waals surface area contributed by atoms with Gasteiger partial charge in [-0.3, -0.25) is 0 Å². The number of ether oxygens (including phenoxy) is 3. The zero-order valence-electron chi connectivity index (χ0n) is 13.7. The summed E-state index contributed by atoms with van der Waals surface area (Å²) < 4.78 is 18.8. The zero-order chi connectivity index (χ0) is 15.3. The fourth-order valence-corrected chi connectivity index (χ4v) is 7.84. The van der Waals surface area contributed by atoms with E-state index in [0.717, 1.165) is 35.4 Å². The minimum Gasteiger partial charge on any atom is -0.498 e. The first kappa shape index (κ1) is 16.2. The average Bonchev–Trinajstić information content (AvgIpc) is 2.57. The van der Waals surface area contributed by atoms with Crippen molar-refractivity contribution in [3.63, 3.8) is 0 Å². The molecule has 2 aliphatic rings. The Kier molecular flexibility index (Phi) is 5.39. The molecule has 0 aliphatic carbocycles. The average molecular weight is 337 g/mol. The van der Waals surface area contributed by atoms with Crippen molar-refractivity contribution in [3.8, 4) is 5.75 Å². The van der Waals surface area contributed by atoms with Gasteiger partial charge in [-0.15, -0.1) is 0 Å². The highest BCUT2D eigenvalue weighted by Gasteiger charge is 2.51. The lowest BCUT2D eigenvalue weighted by Gasteiger charge is -2.52. The van der Waals surface area contributed by atoms with E-state index >= 15 is 0 Å². The highest BCUT2D eigenvalue weighted by molar-refractivity contribution is 6.43. The highest BCUT2D eigenvalue weighted by Crippen LogP contribution is 2.40. The van der Waals surface area contributed by atoms with E-state index < -0.39 is 9.52 Å². The monoisotopic (exact) mass is 336 g/mol. The van der Waals surface area contributed by atoms with Crippen LogP contribution in [0.4, 0.5) is 0 Å². The van der Waals surface area contributed by atoms with Crippen molar-refractivity contribution in [1.29, 1.82) is 0 Å². The molecule has 0 saturated carbocycles. The molecular formula is C17H28O3Si2. The second-order valence-corrected chi connectivity index (χ2v) is 10.4. The molecule has 2 saturated heterocycles. The van der Waals surface area contributed by atoms with Crippen LogP contribution < -0.4 is 4.74 Å². The minimum absolute atomic E-state index is 0.0205. The van der Waals surface area contributed by atoms with Gasteiger partial charge in [-0.2, -0.15) is 0 Å². The summed E-state index contributed by atoms with van der Waals surface area (Å²) in [6, 6.07) is 10.2. The van der Waals surface area contributed by atoms with Crippen molar-refractivity contribution in [2.24, 2.45) is 0 Å². The Hall–Kier alpha value is -0.626. The van der Waals surface area contributed by atoms with Gasteiger partial charge in [-0.25, -0.2) is 0 Å². The molecule has 5 heteroatoms. The van der Waals surface area contributed by atoms with Crippen LogP contribution in [-0.2, 0) is 9.47 Å². The maximum atomic E-state index is 6.44. The zero-order valence-corrected chi connectivity index (χ0v) is 17.1. The second-order valence-electron chi connectivity index (χ2n) is 6.75. The Balaban J connectivity index is 1.66. The molecule has 2 heterocycles. The Labute approximate surface area is 139 Å². The fourth-order valence-electron chi connectivity index (χ4n) is 3.87. The van der Waals surface area contributed by atoms with Crippen LogP contribution in [0.5, 0.6) is 5.75 Å². The van der Waals surface area contributed by atoms with Crippen LogP contribution in [0.1, 0.15) is 38.5 Å². The molecule has 122 valence electrons. The molecule has 0 radical (unpaired) electrons. The molecular weight excluding hydrogens is 308 g/mol.